The monoisotopic (exact) mass is 510 g/mol. The molecule has 2 aromatic rings. The molecule has 2 nitrogen and oxygen atoms in total. The van der Waals surface area contributed by atoms with E-state index in [2.05, 4.69) is 65.8 Å². The Morgan fingerprint density at radius 3 is 1.21 bits per heavy atom. The van der Waals surface area contributed by atoms with Crippen LogP contribution >= 0.6 is 43.9 Å². The van der Waals surface area contributed by atoms with E-state index >= 15 is 0 Å². The first-order valence-corrected chi connectivity index (χ1v) is 13.9. The molecule has 7 heteroatoms. The van der Waals surface area contributed by atoms with Gasteiger partial charge in [-0.25, -0.2) is 9.98 Å². The van der Waals surface area contributed by atoms with Crippen LogP contribution < -0.4 is 0 Å². The number of benzene rings is 2. The maximum absolute atomic E-state index is 5.04. The van der Waals surface area contributed by atoms with Gasteiger partial charge in [0.2, 0.25) is 0 Å². The minimum absolute atomic E-state index is 0.569. The average molecular weight is 512 g/mol. The Bertz CT molecular complexity index is 821. The van der Waals surface area contributed by atoms with Crippen molar-refractivity contribution in [2.24, 2.45) is 9.98 Å². The van der Waals surface area contributed by atoms with E-state index in [1.807, 2.05) is 23.5 Å². The first-order valence-electron chi connectivity index (χ1n) is 9.18. The van der Waals surface area contributed by atoms with Crippen molar-refractivity contribution in [1.82, 2.24) is 0 Å². The van der Waals surface area contributed by atoms with Crippen molar-refractivity contribution < 1.29 is 12.7 Å². The van der Waals surface area contributed by atoms with Crippen molar-refractivity contribution in [2.75, 3.05) is 11.5 Å². The van der Waals surface area contributed by atoms with Gasteiger partial charge in [0.25, 0.3) is 0 Å². The van der Waals surface area contributed by atoms with E-state index in [1.54, 1.807) is 0 Å². The summed E-state index contributed by atoms with van der Waals surface area (Å²) in [4.78, 5) is 10.1. The first kappa shape index (κ1) is 24.8. The third-order valence-electron chi connectivity index (χ3n) is 4.44. The van der Waals surface area contributed by atoms with Gasteiger partial charge in [0.15, 0.2) is 0 Å². The van der Waals surface area contributed by atoms with E-state index in [4.69, 9.17) is 30.4 Å². The molecular weight excluding hydrogens is 486 g/mol. The Morgan fingerprint density at radius 2 is 0.931 bits per heavy atom. The molecule has 0 saturated carbocycles. The van der Waals surface area contributed by atoms with E-state index in [-0.39, 0.29) is 0 Å². The number of nitrogens with zero attached hydrogens (tertiary/aromatic N) is 2. The molecule has 0 amide bonds. The van der Waals surface area contributed by atoms with Crippen molar-refractivity contribution in [1.29, 1.82) is 0 Å². The van der Waals surface area contributed by atoms with Gasteiger partial charge < -0.3 is 0 Å². The van der Waals surface area contributed by atoms with Crippen LogP contribution in [0.2, 0.25) is 0 Å². The Morgan fingerprint density at radius 1 is 0.655 bits per heavy atom. The SMILES string of the molecule is Cc1cc(C)c(N=C2SCCSC2=Nc2c(C)cc(C)cc2C)c(C)c1.[Cl][Ni][Cl]. The number of thioether (sulfide) groups is 2. The van der Waals surface area contributed by atoms with Crippen LogP contribution in [0.1, 0.15) is 33.4 Å². The number of halogens is 2. The number of aryl methyl sites for hydroxylation is 6. The third-order valence-corrected chi connectivity index (χ3v) is 6.76. The molecule has 0 atom stereocenters. The van der Waals surface area contributed by atoms with Gasteiger partial charge in [-0.15, -0.1) is 23.5 Å². The third kappa shape index (κ3) is 7.04. The standard InChI is InChI=1S/C22H26N2S2.2ClH.Ni/c1-13-9-15(3)19(16(4)10-13)23-21-22(26-8-7-25-21)24-20-17(5)11-14(2)12-18(20)6;;;/h9-12H,7-8H2,1-6H3;2*1H;/q;;;+2/p-2. The zero-order chi connectivity index (χ0) is 21.6. The van der Waals surface area contributed by atoms with Crippen LogP contribution in [-0.2, 0) is 12.7 Å². The van der Waals surface area contributed by atoms with Gasteiger partial charge >= 0.3 is 33.0 Å². The summed E-state index contributed by atoms with van der Waals surface area (Å²) in [5.74, 6) is 2.16. The minimum atomic E-state index is 0.569. The summed E-state index contributed by atoms with van der Waals surface area (Å²) in [6.07, 6.45) is 0. The van der Waals surface area contributed by atoms with Gasteiger partial charge in [-0.05, 0) is 63.8 Å². The normalized spacial score (nSPS) is 16.8. The van der Waals surface area contributed by atoms with Crippen LogP contribution in [0.3, 0.4) is 0 Å². The summed E-state index contributed by atoms with van der Waals surface area (Å²) in [6.45, 7) is 12.8. The van der Waals surface area contributed by atoms with E-state index in [0.29, 0.717) is 12.7 Å². The van der Waals surface area contributed by atoms with Crippen LogP contribution in [0.4, 0.5) is 11.4 Å². The van der Waals surface area contributed by atoms with Crippen molar-refractivity contribution in [3.05, 3.63) is 57.6 Å². The van der Waals surface area contributed by atoms with Crippen molar-refractivity contribution in [2.45, 2.75) is 41.5 Å². The fourth-order valence-electron chi connectivity index (χ4n) is 3.46. The van der Waals surface area contributed by atoms with E-state index in [1.165, 1.54) is 33.4 Å². The molecule has 1 saturated heterocycles. The van der Waals surface area contributed by atoms with Crippen LogP contribution in [0.5, 0.6) is 0 Å². The molecular formula is C22H26Cl2N2NiS2. The molecule has 0 aromatic heterocycles. The molecule has 29 heavy (non-hydrogen) atoms. The second-order valence-electron chi connectivity index (χ2n) is 7.07. The zero-order valence-corrected chi connectivity index (χ0v) is 21.6. The molecule has 160 valence electrons. The number of hydrogen-bond acceptors (Lipinski definition) is 4. The maximum atomic E-state index is 5.04. The molecule has 0 aliphatic carbocycles. The van der Waals surface area contributed by atoms with Gasteiger partial charge in [0, 0.05) is 11.5 Å². The van der Waals surface area contributed by atoms with Gasteiger partial charge in [-0.3, -0.25) is 0 Å². The predicted octanol–water partition coefficient (Wildman–Crippen LogP) is 8.15. The van der Waals surface area contributed by atoms with Gasteiger partial charge in [0.1, 0.15) is 10.1 Å². The fraction of sp³-hybridized carbons (Fsp3) is 0.364. The molecule has 1 aliphatic rings. The van der Waals surface area contributed by atoms with E-state index < -0.39 is 0 Å². The van der Waals surface area contributed by atoms with Crippen molar-refractivity contribution >= 4 is 65.4 Å². The average Bonchev–Trinajstić information content (AvgIpc) is 2.62. The summed E-state index contributed by atoms with van der Waals surface area (Å²) >= 11 is 4.21. The molecule has 1 fully saturated rings. The summed E-state index contributed by atoms with van der Waals surface area (Å²) < 4.78 is 0. The van der Waals surface area contributed by atoms with E-state index in [9.17, 15) is 0 Å². The summed E-state index contributed by atoms with van der Waals surface area (Å²) in [6, 6.07) is 8.83. The Kier molecular flexibility index (Phi) is 10.1. The Labute approximate surface area is 197 Å². The van der Waals surface area contributed by atoms with Crippen LogP contribution in [0.25, 0.3) is 0 Å². The molecule has 2 aromatic carbocycles. The molecule has 3 rings (SSSR count). The zero-order valence-electron chi connectivity index (χ0n) is 17.5. The van der Waals surface area contributed by atoms with Gasteiger partial charge in [0.05, 0.1) is 11.4 Å². The Balaban J connectivity index is 0.000000941. The number of hydrogen-bond donors (Lipinski definition) is 0. The molecule has 0 unspecified atom stereocenters. The molecule has 0 N–H and O–H groups in total. The molecule has 0 bridgehead atoms. The fourth-order valence-corrected chi connectivity index (χ4v) is 5.52. The van der Waals surface area contributed by atoms with Crippen LogP contribution in [0, 0.1) is 41.5 Å². The first-order chi connectivity index (χ1) is 13.8. The van der Waals surface area contributed by atoms with Crippen LogP contribution in [0.15, 0.2) is 34.3 Å². The second-order valence-corrected chi connectivity index (χ2v) is 10.9. The van der Waals surface area contributed by atoms with Crippen molar-refractivity contribution in [3.8, 4) is 0 Å². The van der Waals surface area contributed by atoms with Gasteiger partial charge in [-0.1, -0.05) is 35.4 Å². The van der Waals surface area contributed by atoms with Crippen molar-refractivity contribution in [3.63, 3.8) is 0 Å². The Hall–Kier alpha value is -0.446. The quantitative estimate of drug-likeness (QED) is 0.380. The molecule has 1 heterocycles. The summed E-state index contributed by atoms with van der Waals surface area (Å²) in [7, 11) is 9.40. The van der Waals surface area contributed by atoms with Gasteiger partial charge in [-0.2, -0.15) is 0 Å². The topological polar surface area (TPSA) is 24.7 Å². The number of aliphatic imine (C=N–C) groups is 2. The second kappa shape index (κ2) is 11.8. The van der Waals surface area contributed by atoms with E-state index in [0.717, 1.165) is 33.0 Å². The molecule has 1 aliphatic heterocycles. The summed E-state index contributed by atoms with van der Waals surface area (Å²) in [5.41, 5.74) is 9.67. The predicted molar refractivity (Wildman–Crippen MR) is 132 cm³/mol. The molecule has 0 radical (unpaired) electrons. The van der Waals surface area contributed by atoms with Crippen LogP contribution in [-0.4, -0.2) is 21.6 Å². The summed E-state index contributed by atoms with van der Waals surface area (Å²) in [5, 5.41) is 2.10. The molecule has 0 spiro atoms. The number of rotatable bonds is 2.